The number of aliphatic hydroxyl groups is 1. The van der Waals surface area contributed by atoms with Crippen LogP contribution in [0.2, 0.25) is 0 Å². The molecule has 0 saturated carbocycles. The standard InChI is InChI=1S/C17H23N3O2/c1-3-4-14-5-7-15(8-6-14)17(22)20(9-10-21)12-16-11-18-13(2)19-16/h5-8,11,21H,3-4,9-10,12H2,1-2H3,(H,18,19). The van der Waals surface area contributed by atoms with Crippen molar-refractivity contribution in [1.82, 2.24) is 14.9 Å². The molecule has 0 aliphatic heterocycles. The SMILES string of the molecule is CCCc1ccc(C(=O)N(CCO)Cc2cnc(C)[nH]2)cc1. The molecule has 1 amide bonds. The number of aromatic amines is 1. The Morgan fingerprint density at radius 1 is 1.32 bits per heavy atom. The minimum Gasteiger partial charge on any atom is -0.395 e. The first-order valence-electron chi connectivity index (χ1n) is 7.63. The zero-order valence-corrected chi connectivity index (χ0v) is 13.2. The van der Waals surface area contributed by atoms with Crippen LogP contribution in [0.4, 0.5) is 0 Å². The number of aliphatic hydroxyl groups excluding tert-OH is 1. The highest BCUT2D eigenvalue weighted by Gasteiger charge is 2.16. The van der Waals surface area contributed by atoms with Gasteiger partial charge in [-0.2, -0.15) is 0 Å². The van der Waals surface area contributed by atoms with Crippen LogP contribution in [0, 0.1) is 6.92 Å². The molecule has 1 aromatic carbocycles. The highest BCUT2D eigenvalue weighted by atomic mass is 16.3. The third kappa shape index (κ3) is 4.18. The van der Waals surface area contributed by atoms with Crippen molar-refractivity contribution in [2.75, 3.05) is 13.2 Å². The number of benzene rings is 1. The second-order valence-corrected chi connectivity index (χ2v) is 5.39. The number of imidazole rings is 1. The van der Waals surface area contributed by atoms with Crippen molar-refractivity contribution < 1.29 is 9.90 Å². The molecule has 0 bridgehead atoms. The summed E-state index contributed by atoms with van der Waals surface area (Å²) in [4.78, 5) is 21.5. The van der Waals surface area contributed by atoms with Crippen molar-refractivity contribution >= 4 is 5.91 Å². The average molecular weight is 301 g/mol. The smallest absolute Gasteiger partial charge is 0.254 e. The molecule has 1 heterocycles. The molecule has 0 aliphatic rings. The van der Waals surface area contributed by atoms with Crippen LogP contribution in [-0.4, -0.2) is 39.0 Å². The van der Waals surface area contributed by atoms with E-state index in [2.05, 4.69) is 16.9 Å². The van der Waals surface area contributed by atoms with E-state index in [0.717, 1.165) is 24.4 Å². The van der Waals surface area contributed by atoms with Crippen LogP contribution in [0.5, 0.6) is 0 Å². The topological polar surface area (TPSA) is 69.2 Å². The second kappa shape index (κ2) is 7.75. The summed E-state index contributed by atoms with van der Waals surface area (Å²) in [6.07, 6.45) is 3.82. The molecule has 0 spiro atoms. The number of nitrogens with zero attached hydrogens (tertiary/aromatic N) is 2. The average Bonchev–Trinajstić information content (AvgIpc) is 2.92. The molecule has 118 valence electrons. The van der Waals surface area contributed by atoms with E-state index in [-0.39, 0.29) is 12.5 Å². The van der Waals surface area contributed by atoms with Crippen LogP contribution in [0.15, 0.2) is 30.5 Å². The second-order valence-electron chi connectivity index (χ2n) is 5.39. The van der Waals surface area contributed by atoms with E-state index >= 15 is 0 Å². The lowest BCUT2D eigenvalue weighted by atomic mass is 10.1. The maximum absolute atomic E-state index is 12.6. The molecule has 5 nitrogen and oxygen atoms in total. The largest absolute Gasteiger partial charge is 0.395 e. The first kappa shape index (κ1) is 16.2. The molecule has 0 unspecified atom stereocenters. The van der Waals surface area contributed by atoms with Crippen LogP contribution < -0.4 is 0 Å². The molecule has 5 heteroatoms. The Bertz CT molecular complexity index is 605. The molecule has 2 N–H and O–H groups in total. The van der Waals surface area contributed by atoms with Crippen LogP contribution in [0.3, 0.4) is 0 Å². The highest BCUT2D eigenvalue weighted by molar-refractivity contribution is 5.94. The molecular formula is C17H23N3O2. The van der Waals surface area contributed by atoms with Gasteiger partial charge in [-0.1, -0.05) is 25.5 Å². The first-order chi connectivity index (χ1) is 10.6. The monoisotopic (exact) mass is 301 g/mol. The third-order valence-corrected chi connectivity index (χ3v) is 3.51. The quantitative estimate of drug-likeness (QED) is 0.824. The lowest BCUT2D eigenvalue weighted by molar-refractivity contribution is 0.0705. The van der Waals surface area contributed by atoms with Gasteiger partial charge in [0.2, 0.25) is 0 Å². The predicted molar refractivity (Wildman–Crippen MR) is 85.6 cm³/mol. The number of hydrogen-bond donors (Lipinski definition) is 2. The summed E-state index contributed by atoms with van der Waals surface area (Å²) < 4.78 is 0. The number of amides is 1. The van der Waals surface area contributed by atoms with Gasteiger partial charge in [0.1, 0.15) is 5.82 Å². The maximum Gasteiger partial charge on any atom is 0.254 e. The highest BCUT2D eigenvalue weighted by Crippen LogP contribution is 2.11. The zero-order chi connectivity index (χ0) is 15.9. The van der Waals surface area contributed by atoms with Crippen molar-refractivity contribution in [1.29, 1.82) is 0 Å². The molecule has 0 saturated heterocycles. The number of carbonyl (C=O) groups is 1. The van der Waals surface area contributed by atoms with Crippen molar-refractivity contribution in [3.63, 3.8) is 0 Å². The number of carbonyl (C=O) groups excluding carboxylic acids is 1. The van der Waals surface area contributed by atoms with E-state index in [4.69, 9.17) is 0 Å². The maximum atomic E-state index is 12.6. The van der Waals surface area contributed by atoms with Crippen LogP contribution in [0.1, 0.15) is 40.8 Å². The van der Waals surface area contributed by atoms with Gasteiger partial charge in [0.15, 0.2) is 0 Å². The van der Waals surface area contributed by atoms with Gasteiger partial charge in [0.25, 0.3) is 5.91 Å². The molecule has 0 atom stereocenters. The summed E-state index contributed by atoms with van der Waals surface area (Å²) >= 11 is 0. The van der Waals surface area contributed by atoms with Gasteiger partial charge >= 0.3 is 0 Å². The van der Waals surface area contributed by atoms with Crippen molar-refractivity contribution in [3.05, 3.63) is 53.1 Å². The van der Waals surface area contributed by atoms with E-state index in [1.807, 2.05) is 31.2 Å². The summed E-state index contributed by atoms with van der Waals surface area (Å²) in [7, 11) is 0. The normalized spacial score (nSPS) is 10.7. The van der Waals surface area contributed by atoms with Gasteiger partial charge < -0.3 is 15.0 Å². The van der Waals surface area contributed by atoms with Crippen LogP contribution in [0.25, 0.3) is 0 Å². The molecule has 0 fully saturated rings. The summed E-state index contributed by atoms with van der Waals surface area (Å²) in [5.41, 5.74) is 2.74. The lowest BCUT2D eigenvalue weighted by Gasteiger charge is -2.21. The summed E-state index contributed by atoms with van der Waals surface area (Å²) in [5, 5.41) is 9.21. The van der Waals surface area contributed by atoms with Gasteiger partial charge in [0, 0.05) is 12.1 Å². The number of rotatable bonds is 7. The van der Waals surface area contributed by atoms with Crippen LogP contribution >= 0.6 is 0 Å². The fourth-order valence-corrected chi connectivity index (χ4v) is 2.42. The van der Waals surface area contributed by atoms with E-state index in [1.165, 1.54) is 5.56 Å². The molecule has 1 aromatic heterocycles. The lowest BCUT2D eigenvalue weighted by Crippen LogP contribution is -2.33. The minimum atomic E-state index is -0.0793. The summed E-state index contributed by atoms with van der Waals surface area (Å²) in [5.74, 6) is 0.736. The summed E-state index contributed by atoms with van der Waals surface area (Å²) in [6, 6.07) is 7.70. The van der Waals surface area contributed by atoms with Gasteiger partial charge in [0.05, 0.1) is 25.0 Å². The van der Waals surface area contributed by atoms with E-state index < -0.39 is 0 Å². The molecule has 0 radical (unpaired) electrons. The number of aryl methyl sites for hydroxylation is 2. The van der Waals surface area contributed by atoms with Gasteiger partial charge in [-0.15, -0.1) is 0 Å². The summed E-state index contributed by atoms with van der Waals surface area (Å²) in [6.45, 7) is 4.65. The molecule has 2 rings (SSSR count). The Balaban J connectivity index is 2.11. The Kier molecular flexibility index (Phi) is 5.72. The van der Waals surface area contributed by atoms with E-state index in [9.17, 15) is 9.90 Å². The molecule has 0 aliphatic carbocycles. The van der Waals surface area contributed by atoms with Gasteiger partial charge in [-0.25, -0.2) is 4.98 Å². The van der Waals surface area contributed by atoms with Crippen molar-refractivity contribution in [2.24, 2.45) is 0 Å². The van der Waals surface area contributed by atoms with Gasteiger partial charge in [-0.05, 0) is 31.0 Å². The Morgan fingerprint density at radius 3 is 2.59 bits per heavy atom. The van der Waals surface area contributed by atoms with Gasteiger partial charge in [-0.3, -0.25) is 4.79 Å². The minimum absolute atomic E-state index is 0.0627. The number of H-pyrrole nitrogens is 1. The first-order valence-corrected chi connectivity index (χ1v) is 7.63. The zero-order valence-electron chi connectivity index (χ0n) is 13.2. The molecule has 2 aromatic rings. The van der Waals surface area contributed by atoms with E-state index in [0.29, 0.717) is 18.7 Å². The van der Waals surface area contributed by atoms with Crippen molar-refractivity contribution in [2.45, 2.75) is 33.2 Å². The van der Waals surface area contributed by atoms with E-state index in [1.54, 1.807) is 11.1 Å². The van der Waals surface area contributed by atoms with Crippen molar-refractivity contribution in [3.8, 4) is 0 Å². The predicted octanol–water partition coefficient (Wildman–Crippen LogP) is 2.31. The van der Waals surface area contributed by atoms with Crippen LogP contribution in [-0.2, 0) is 13.0 Å². The molecular weight excluding hydrogens is 278 g/mol. The fraction of sp³-hybridized carbons (Fsp3) is 0.412. The fourth-order valence-electron chi connectivity index (χ4n) is 2.42. The Hall–Kier alpha value is -2.14. The number of aromatic nitrogens is 2. The Labute approximate surface area is 131 Å². The molecule has 22 heavy (non-hydrogen) atoms. The third-order valence-electron chi connectivity index (χ3n) is 3.51. The Morgan fingerprint density at radius 2 is 2.05 bits per heavy atom. The number of hydrogen-bond acceptors (Lipinski definition) is 3. The number of nitrogens with one attached hydrogen (secondary N) is 1.